The maximum atomic E-state index is 3.77. The van der Waals surface area contributed by atoms with Crippen LogP contribution in [0.5, 0.6) is 0 Å². The molecule has 3 unspecified atom stereocenters. The molecule has 2 fully saturated rings. The Morgan fingerprint density at radius 3 is 2.37 bits per heavy atom. The number of benzene rings is 1. The number of nitrogens with one attached hydrogen (secondary N) is 1. The molecule has 1 aromatic rings. The van der Waals surface area contributed by atoms with Crippen LogP contribution in [0.4, 0.5) is 0 Å². The number of hydrogen-bond donors (Lipinski definition) is 1. The maximum absolute atomic E-state index is 3.77. The lowest BCUT2D eigenvalue weighted by Crippen LogP contribution is -2.36. The minimum absolute atomic E-state index is 0.829. The SMILES string of the molecule is c1ccc2c(c1)CCN(CC1CC3CCC1N3)CC2. The van der Waals surface area contributed by atoms with Gasteiger partial charge >= 0.3 is 0 Å². The van der Waals surface area contributed by atoms with Crippen molar-refractivity contribution >= 4 is 0 Å². The van der Waals surface area contributed by atoms with Crippen molar-refractivity contribution in [2.75, 3.05) is 19.6 Å². The number of rotatable bonds is 2. The summed E-state index contributed by atoms with van der Waals surface area (Å²) in [6.07, 6.45) is 6.75. The third-order valence-electron chi connectivity index (χ3n) is 5.44. The van der Waals surface area contributed by atoms with Crippen molar-refractivity contribution in [2.45, 2.75) is 44.2 Å². The predicted octanol–water partition coefficient (Wildman–Crippen LogP) is 2.23. The van der Waals surface area contributed by atoms with Crippen molar-refractivity contribution in [2.24, 2.45) is 5.92 Å². The van der Waals surface area contributed by atoms with Crippen LogP contribution >= 0.6 is 0 Å². The zero-order valence-electron chi connectivity index (χ0n) is 11.6. The molecule has 2 saturated heterocycles. The molecular weight excluding hydrogens is 232 g/mol. The van der Waals surface area contributed by atoms with Crippen LogP contribution < -0.4 is 5.32 Å². The Kier molecular flexibility index (Phi) is 3.08. The summed E-state index contributed by atoms with van der Waals surface area (Å²) in [6.45, 7) is 3.83. The van der Waals surface area contributed by atoms with Crippen LogP contribution in [0, 0.1) is 5.92 Å². The molecule has 3 atom stereocenters. The summed E-state index contributed by atoms with van der Waals surface area (Å²) in [5.74, 6) is 0.917. The van der Waals surface area contributed by atoms with Crippen molar-refractivity contribution in [3.8, 4) is 0 Å². The highest BCUT2D eigenvalue weighted by molar-refractivity contribution is 5.28. The highest BCUT2D eigenvalue weighted by Gasteiger charge is 2.39. The molecule has 0 aliphatic carbocycles. The van der Waals surface area contributed by atoms with E-state index in [1.807, 2.05) is 0 Å². The fourth-order valence-corrected chi connectivity index (χ4v) is 4.37. The van der Waals surface area contributed by atoms with Crippen molar-refractivity contribution < 1.29 is 0 Å². The molecule has 2 nitrogen and oxygen atoms in total. The standard InChI is InChI=1S/C17H24N2/c1-2-4-14-8-10-19(9-7-13(14)3-1)12-15-11-16-5-6-17(15)18-16/h1-4,15-18H,5-12H2. The quantitative estimate of drug-likeness (QED) is 0.873. The van der Waals surface area contributed by atoms with Crippen molar-refractivity contribution in [1.82, 2.24) is 10.2 Å². The first-order valence-electron chi connectivity index (χ1n) is 7.94. The lowest BCUT2D eigenvalue weighted by molar-refractivity contribution is 0.219. The predicted molar refractivity (Wildman–Crippen MR) is 78.3 cm³/mol. The summed E-state index contributed by atoms with van der Waals surface area (Å²) < 4.78 is 0. The molecule has 3 aliphatic heterocycles. The van der Waals surface area contributed by atoms with Gasteiger partial charge in [-0.05, 0) is 49.1 Å². The first-order valence-corrected chi connectivity index (χ1v) is 7.94. The fourth-order valence-electron chi connectivity index (χ4n) is 4.37. The largest absolute Gasteiger partial charge is 0.311 e. The van der Waals surface area contributed by atoms with E-state index in [4.69, 9.17) is 0 Å². The second-order valence-electron chi connectivity index (χ2n) is 6.61. The van der Waals surface area contributed by atoms with E-state index in [0.717, 1.165) is 18.0 Å². The number of hydrogen-bond acceptors (Lipinski definition) is 2. The third-order valence-corrected chi connectivity index (χ3v) is 5.44. The number of fused-ring (bicyclic) bond motifs is 3. The molecule has 4 rings (SSSR count). The first-order chi connectivity index (χ1) is 9.38. The van der Waals surface area contributed by atoms with E-state index < -0.39 is 0 Å². The van der Waals surface area contributed by atoms with E-state index in [0.29, 0.717) is 0 Å². The molecule has 19 heavy (non-hydrogen) atoms. The van der Waals surface area contributed by atoms with Crippen LogP contribution in [0.2, 0.25) is 0 Å². The van der Waals surface area contributed by atoms with E-state index in [1.165, 1.54) is 51.7 Å². The van der Waals surface area contributed by atoms with E-state index in [-0.39, 0.29) is 0 Å². The van der Waals surface area contributed by atoms with Gasteiger partial charge in [0, 0.05) is 31.7 Å². The smallest absolute Gasteiger partial charge is 0.0111 e. The first kappa shape index (κ1) is 11.9. The molecule has 0 spiro atoms. The average Bonchev–Trinajstić information content (AvgIpc) is 2.99. The van der Waals surface area contributed by atoms with Gasteiger partial charge in [0.15, 0.2) is 0 Å². The summed E-state index contributed by atoms with van der Waals surface area (Å²) >= 11 is 0. The van der Waals surface area contributed by atoms with Gasteiger partial charge in [-0.15, -0.1) is 0 Å². The van der Waals surface area contributed by atoms with Crippen molar-refractivity contribution in [3.63, 3.8) is 0 Å². The van der Waals surface area contributed by atoms with Crippen LogP contribution in [0.15, 0.2) is 24.3 Å². The van der Waals surface area contributed by atoms with Crippen LogP contribution in [-0.4, -0.2) is 36.6 Å². The Morgan fingerprint density at radius 1 is 1.05 bits per heavy atom. The lowest BCUT2D eigenvalue weighted by atomic mass is 9.89. The normalized spacial score (nSPS) is 34.2. The van der Waals surface area contributed by atoms with Gasteiger partial charge in [0.05, 0.1) is 0 Å². The third kappa shape index (κ3) is 2.32. The molecule has 2 bridgehead atoms. The number of nitrogens with zero attached hydrogens (tertiary/aromatic N) is 1. The highest BCUT2D eigenvalue weighted by atomic mass is 15.1. The Hall–Kier alpha value is -0.860. The van der Waals surface area contributed by atoms with Crippen LogP contribution in [0.25, 0.3) is 0 Å². The van der Waals surface area contributed by atoms with Gasteiger partial charge in [-0.1, -0.05) is 24.3 Å². The second kappa shape index (κ2) is 4.92. The van der Waals surface area contributed by atoms with Gasteiger partial charge in [0.1, 0.15) is 0 Å². The summed E-state index contributed by atoms with van der Waals surface area (Å²) in [5, 5.41) is 3.77. The zero-order valence-corrected chi connectivity index (χ0v) is 11.6. The molecular formula is C17H24N2. The van der Waals surface area contributed by atoms with Gasteiger partial charge in [-0.3, -0.25) is 0 Å². The summed E-state index contributed by atoms with van der Waals surface area (Å²) in [7, 11) is 0. The van der Waals surface area contributed by atoms with Gasteiger partial charge in [0.25, 0.3) is 0 Å². The van der Waals surface area contributed by atoms with E-state index in [1.54, 1.807) is 11.1 Å². The molecule has 3 aliphatic rings. The van der Waals surface area contributed by atoms with Crippen LogP contribution in [0.3, 0.4) is 0 Å². The van der Waals surface area contributed by atoms with E-state index >= 15 is 0 Å². The average molecular weight is 256 g/mol. The molecule has 2 heteroatoms. The highest BCUT2D eigenvalue weighted by Crippen LogP contribution is 2.33. The zero-order chi connectivity index (χ0) is 12.7. The molecule has 3 heterocycles. The van der Waals surface area contributed by atoms with Crippen molar-refractivity contribution in [1.29, 1.82) is 0 Å². The molecule has 102 valence electrons. The molecule has 1 N–H and O–H groups in total. The molecule has 0 amide bonds. The summed E-state index contributed by atoms with van der Waals surface area (Å²) in [6, 6.07) is 10.7. The maximum Gasteiger partial charge on any atom is 0.0111 e. The minimum Gasteiger partial charge on any atom is -0.311 e. The van der Waals surface area contributed by atoms with Gasteiger partial charge < -0.3 is 10.2 Å². The molecule has 0 saturated carbocycles. The Bertz CT molecular complexity index is 429. The van der Waals surface area contributed by atoms with Gasteiger partial charge in [-0.25, -0.2) is 0 Å². The topological polar surface area (TPSA) is 15.3 Å². The monoisotopic (exact) mass is 256 g/mol. The molecule has 0 aromatic heterocycles. The van der Waals surface area contributed by atoms with Crippen LogP contribution in [-0.2, 0) is 12.8 Å². The van der Waals surface area contributed by atoms with Gasteiger partial charge in [0.2, 0.25) is 0 Å². The summed E-state index contributed by atoms with van der Waals surface area (Å²) in [5.41, 5.74) is 3.16. The van der Waals surface area contributed by atoms with E-state index in [9.17, 15) is 0 Å². The molecule has 1 aromatic carbocycles. The minimum atomic E-state index is 0.829. The fraction of sp³-hybridized carbons (Fsp3) is 0.647. The summed E-state index contributed by atoms with van der Waals surface area (Å²) in [4.78, 5) is 2.72. The van der Waals surface area contributed by atoms with Crippen molar-refractivity contribution in [3.05, 3.63) is 35.4 Å². The van der Waals surface area contributed by atoms with Crippen LogP contribution in [0.1, 0.15) is 30.4 Å². The Morgan fingerprint density at radius 2 is 1.79 bits per heavy atom. The Balaban J connectivity index is 1.39. The van der Waals surface area contributed by atoms with E-state index in [2.05, 4.69) is 34.5 Å². The molecule has 0 radical (unpaired) electrons. The lowest BCUT2D eigenvalue weighted by Gasteiger charge is -2.28. The second-order valence-corrected chi connectivity index (χ2v) is 6.61. The Labute approximate surface area is 116 Å². The van der Waals surface area contributed by atoms with Gasteiger partial charge in [-0.2, -0.15) is 0 Å².